The van der Waals surface area contributed by atoms with Gasteiger partial charge in [0.2, 0.25) is 0 Å². The van der Waals surface area contributed by atoms with Crippen molar-refractivity contribution in [3.8, 4) is 0 Å². The van der Waals surface area contributed by atoms with Crippen LogP contribution in [0.25, 0.3) is 0 Å². The Hall–Kier alpha value is -1.30. The maximum atomic E-state index is 12.3. The summed E-state index contributed by atoms with van der Waals surface area (Å²) in [7, 11) is 0. The van der Waals surface area contributed by atoms with E-state index in [1.54, 1.807) is 0 Å². The highest BCUT2D eigenvalue weighted by molar-refractivity contribution is 9.10. The van der Waals surface area contributed by atoms with E-state index in [4.69, 9.17) is 0 Å². The summed E-state index contributed by atoms with van der Waals surface area (Å²) >= 11 is 3.34. The molecule has 17 heavy (non-hydrogen) atoms. The molecule has 0 fully saturated rings. The molecule has 0 N–H and O–H groups in total. The average molecular weight is 305 g/mol. The smallest absolute Gasteiger partial charge is 0.268 e. The second kappa shape index (κ2) is 4.52. The molecule has 90 valence electrons. The molecule has 2 rings (SSSR count). The Balaban J connectivity index is 2.21. The van der Waals surface area contributed by atoms with E-state index in [1.807, 2.05) is 24.3 Å². The van der Waals surface area contributed by atoms with Crippen molar-refractivity contribution < 1.29 is 13.2 Å². The summed E-state index contributed by atoms with van der Waals surface area (Å²) in [5.41, 5.74) is 0.00822. The topological polar surface area (TPSA) is 17.8 Å². The van der Waals surface area contributed by atoms with Crippen LogP contribution in [0.1, 0.15) is 11.3 Å². The first kappa shape index (κ1) is 12.2. The minimum Gasteiger partial charge on any atom is -0.268 e. The Morgan fingerprint density at radius 1 is 1.18 bits per heavy atom. The fourth-order valence-electron chi connectivity index (χ4n) is 1.40. The minimum atomic E-state index is -4.39. The second-order valence-electron chi connectivity index (χ2n) is 3.49. The van der Waals surface area contributed by atoms with Crippen LogP contribution in [-0.4, -0.2) is 9.78 Å². The summed E-state index contributed by atoms with van der Waals surface area (Å²) in [5, 5.41) is 3.49. The predicted molar refractivity (Wildman–Crippen MR) is 60.5 cm³/mol. The maximum Gasteiger partial charge on any atom is 0.435 e. The molecule has 0 aliphatic carbocycles. The van der Waals surface area contributed by atoms with E-state index < -0.39 is 11.9 Å². The molecule has 0 aliphatic rings. The Kier molecular flexibility index (Phi) is 3.24. The standard InChI is InChI=1S/C11H8BrF3N2/c12-9-4-2-1-3-8(9)7-17-6-5-10(16-17)11(13,14)15/h1-6H,7H2. The van der Waals surface area contributed by atoms with Crippen LogP contribution in [0.2, 0.25) is 0 Å². The minimum absolute atomic E-state index is 0.303. The van der Waals surface area contributed by atoms with E-state index in [0.29, 0.717) is 6.54 Å². The second-order valence-corrected chi connectivity index (χ2v) is 4.34. The third kappa shape index (κ3) is 2.88. The lowest BCUT2D eigenvalue weighted by molar-refractivity contribution is -0.141. The molecule has 0 spiro atoms. The molecule has 0 aliphatic heterocycles. The van der Waals surface area contributed by atoms with Crippen molar-refractivity contribution in [2.75, 3.05) is 0 Å². The third-order valence-electron chi connectivity index (χ3n) is 2.22. The zero-order valence-corrected chi connectivity index (χ0v) is 10.2. The average Bonchev–Trinajstić information content (AvgIpc) is 2.69. The molecule has 0 saturated carbocycles. The van der Waals surface area contributed by atoms with Crippen molar-refractivity contribution in [1.82, 2.24) is 9.78 Å². The van der Waals surface area contributed by atoms with Crippen molar-refractivity contribution in [3.63, 3.8) is 0 Å². The molecule has 0 bridgehead atoms. The molecule has 1 heterocycles. The Bertz CT molecular complexity index is 519. The van der Waals surface area contributed by atoms with Gasteiger partial charge >= 0.3 is 6.18 Å². The van der Waals surface area contributed by atoms with E-state index in [1.165, 1.54) is 10.9 Å². The van der Waals surface area contributed by atoms with Crippen LogP contribution in [0.15, 0.2) is 41.0 Å². The predicted octanol–water partition coefficient (Wildman–Crippen LogP) is 3.71. The molecule has 1 aromatic carbocycles. The van der Waals surface area contributed by atoms with Crippen LogP contribution in [0, 0.1) is 0 Å². The quantitative estimate of drug-likeness (QED) is 0.827. The summed E-state index contributed by atoms with van der Waals surface area (Å²) in [6.07, 6.45) is -3.07. The molecule has 2 nitrogen and oxygen atoms in total. The number of alkyl halides is 3. The summed E-state index contributed by atoms with van der Waals surface area (Å²) in [4.78, 5) is 0. The summed E-state index contributed by atoms with van der Waals surface area (Å²) in [5.74, 6) is 0. The zero-order chi connectivity index (χ0) is 12.5. The molecule has 6 heteroatoms. The van der Waals surface area contributed by atoms with Crippen molar-refractivity contribution in [3.05, 3.63) is 52.3 Å². The van der Waals surface area contributed by atoms with Gasteiger partial charge in [-0.25, -0.2) is 0 Å². The van der Waals surface area contributed by atoms with Crippen molar-refractivity contribution in [2.24, 2.45) is 0 Å². The van der Waals surface area contributed by atoms with Crippen molar-refractivity contribution in [1.29, 1.82) is 0 Å². The first-order valence-corrected chi connectivity index (χ1v) is 5.60. The Labute approximate surface area is 104 Å². The van der Waals surface area contributed by atoms with Gasteiger partial charge in [0.25, 0.3) is 0 Å². The number of aromatic nitrogens is 2. The number of hydrogen-bond acceptors (Lipinski definition) is 1. The van der Waals surface area contributed by atoms with Gasteiger partial charge < -0.3 is 0 Å². The first-order valence-electron chi connectivity index (χ1n) is 4.81. The van der Waals surface area contributed by atoms with Crippen LogP contribution in [0.5, 0.6) is 0 Å². The highest BCUT2D eigenvalue weighted by Crippen LogP contribution is 2.27. The van der Waals surface area contributed by atoms with Crippen molar-refractivity contribution in [2.45, 2.75) is 12.7 Å². The normalized spacial score (nSPS) is 11.8. The largest absolute Gasteiger partial charge is 0.435 e. The fraction of sp³-hybridized carbons (Fsp3) is 0.182. The van der Waals surface area contributed by atoms with Crippen LogP contribution in [-0.2, 0) is 12.7 Å². The summed E-state index contributed by atoms with van der Waals surface area (Å²) in [6, 6.07) is 8.31. The van der Waals surface area contributed by atoms with Crippen LogP contribution >= 0.6 is 15.9 Å². The molecule has 0 radical (unpaired) electrons. The molecule has 1 aromatic heterocycles. The molecule has 0 atom stereocenters. The first-order chi connectivity index (χ1) is 7.97. The number of hydrogen-bond donors (Lipinski definition) is 0. The van der Waals surface area contributed by atoms with Gasteiger partial charge in [0.15, 0.2) is 5.69 Å². The van der Waals surface area contributed by atoms with Gasteiger partial charge in [-0.3, -0.25) is 4.68 Å². The van der Waals surface area contributed by atoms with Gasteiger partial charge in [-0.15, -0.1) is 0 Å². The van der Waals surface area contributed by atoms with E-state index >= 15 is 0 Å². The van der Waals surface area contributed by atoms with Crippen LogP contribution in [0.3, 0.4) is 0 Å². The van der Waals surface area contributed by atoms with E-state index in [0.717, 1.165) is 16.1 Å². The van der Waals surface area contributed by atoms with E-state index in [2.05, 4.69) is 21.0 Å². The molecular weight excluding hydrogens is 297 g/mol. The number of nitrogens with zero attached hydrogens (tertiary/aromatic N) is 2. The van der Waals surface area contributed by atoms with Crippen LogP contribution < -0.4 is 0 Å². The number of rotatable bonds is 2. The lowest BCUT2D eigenvalue weighted by Gasteiger charge is -2.05. The molecule has 0 unspecified atom stereocenters. The van der Waals surface area contributed by atoms with Gasteiger partial charge in [-0.1, -0.05) is 34.1 Å². The zero-order valence-electron chi connectivity index (χ0n) is 8.58. The number of halogens is 4. The van der Waals surface area contributed by atoms with Gasteiger partial charge in [-0.2, -0.15) is 18.3 Å². The third-order valence-corrected chi connectivity index (χ3v) is 2.99. The summed E-state index contributed by atoms with van der Waals surface area (Å²) < 4.78 is 39.1. The SMILES string of the molecule is FC(F)(F)c1ccn(Cc2ccccc2Br)n1. The Morgan fingerprint density at radius 3 is 2.47 bits per heavy atom. The van der Waals surface area contributed by atoms with Crippen LogP contribution in [0.4, 0.5) is 13.2 Å². The molecule has 0 saturated heterocycles. The molecule has 0 amide bonds. The maximum absolute atomic E-state index is 12.3. The van der Waals surface area contributed by atoms with E-state index in [-0.39, 0.29) is 0 Å². The van der Waals surface area contributed by atoms with Gasteiger partial charge in [0, 0.05) is 10.7 Å². The van der Waals surface area contributed by atoms with Gasteiger partial charge in [0.05, 0.1) is 6.54 Å². The highest BCUT2D eigenvalue weighted by atomic mass is 79.9. The number of benzene rings is 1. The lowest BCUT2D eigenvalue weighted by atomic mass is 10.2. The highest BCUT2D eigenvalue weighted by Gasteiger charge is 2.33. The summed E-state index contributed by atoms with van der Waals surface area (Å²) in [6.45, 7) is 0.303. The van der Waals surface area contributed by atoms with Crippen molar-refractivity contribution >= 4 is 15.9 Å². The fourth-order valence-corrected chi connectivity index (χ4v) is 1.81. The monoisotopic (exact) mass is 304 g/mol. The molecular formula is C11H8BrF3N2. The van der Waals surface area contributed by atoms with E-state index in [9.17, 15) is 13.2 Å². The lowest BCUT2D eigenvalue weighted by Crippen LogP contribution is -2.08. The Morgan fingerprint density at radius 2 is 1.88 bits per heavy atom. The van der Waals surface area contributed by atoms with Gasteiger partial charge in [0.1, 0.15) is 0 Å². The van der Waals surface area contributed by atoms with Gasteiger partial charge in [-0.05, 0) is 17.7 Å². The molecule has 2 aromatic rings.